The summed E-state index contributed by atoms with van der Waals surface area (Å²) in [5.41, 5.74) is 6.96. The van der Waals surface area contributed by atoms with Gasteiger partial charge in [-0.2, -0.15) is 5.10 Å². The Balaban J connectivity index is 1.51. The van der Waals surface area contributed by atoms with E-state index in [2.05, 4.69) is 21.6 Å². The lowest BCUT2D eigenvalue weighted by Gasteiger charge is -2.17. The average Bonchev–Trinajstić information content (AvgIpc) is 3.03. The molecule has 1 aromatic heterocycles. The number of rotatable bonds is 3. The van der Waals surface area contributed by atoms with Gasteiger partial charge in [0.2, 0.25) is 0 Å². The van der Waals surface area contributed by atoms with Gasteiger partial charge in [-0.1, -0.05) is 29.8 Å². The zero-order valence-corrected chi connectivity index (χ0v) is 14.5. The zero-order valence-electron chi connectivity index (χ0n) is 14.5. The molecule has 2 aromatic carbocycles. The molecular formula is C21H19N3O2. The van der Waals surface area contributed by atoms with Crippen LogP contribution in [-0.2, 0) is 6.42 Å². The number of carbonyl (C=O) groups excluding carboxylic acids is 2. The highest BCUT2D eigenvalue weighted by molar-refractivity contribution is 6.10. The molecule has 0 bridgehead atoms. The molecule has 1 heterocycles. The molecule has 3 aromatic rings. The third-order valence-electron chi connectivity index (χ3n) is 4.81. The van der Waals surface area contributed by atoms with Gasteiger partial charge in [0.1, 0.15) is 0 Å². The zero-order chi connectivity index (χ0) is 18.1. The van der Waals surface area contributed by atoms with Crippen molar-refractivity contribution in [1.82, 2.24) is 10.4 Å². The Hall–Kier alpha value is -3.21. The van der Waals surface area contributed by atoms with E-state index in [0.29, 0.717) is 17.7 Å². The summed E-state index contributed by atoms with van der Waals surface area (Å²) in [4.78, 5) is 28.0. The van der Waals surface area contributed by atoms with Crippen molar-refractivity contribution in [3.8, 4) is 0 Å². The van der Waals surface area contributed by atoms with Gasteiger partial charge in [0.15, 0.2) is 5.78 Å². The maximum absolute atomic E-state index is 12.8. The average molecular weight is 345 g/mol. The van der Waals surface area contributed by atoms with Crippen molar-refractivity contribution in [2.45, 2.75) is 19.8 Å². The molecule has 26 heavy (non-hydrogen) atoms. The molecule has 2 N–H and O–H groups in total. The molecule has 0 saturated heterocycles. The number of nitrogens with zero attached hydrogens (tertiary/aromatic N) is 1. The highest BCUT2D eigenvalue weighted by Gasteiger charge is 2.29. The van der Waals surface area contributed by atoms with Crippen molar-refractivity contribution in [2.75, 3.05) is 0 Å². The minimum absolute atomic E-state index is 0.0258. The summed E-state index contributed by atoms with van der Waals surface area (Å²) in [5.74, 6) is -0.586. The van der Waals surface area contributed by atoms with Crippen LogP contribution in [0.15, 0.2) is 53.6 Å². The smallest absolute Gasteiger partial charge is 0.271 e. The third-order valence-corrected chi connectivity index (χ3v) is 4.81. The quantitative estimate of drug-likeness (QED) is 0.562. The fourth-order valence-corrected chi connectivity index (χ4v) is 3.43. The van der Waals surface area contributed by atoms with Crippen LogP contribution in [0, 0.1) is 12.8 Å². The van der Waals surface area contributed by atoms with Crippen LogP contribution < -0.4 is 5.43 Å². The Kier molecular flexibility index (Phi) is 4.13. The number of Topliss-reactive ketones (excluding diaryl/α,β-unsaturated/α-hetero) is 1. The number of fused-ring (bicyclic) bond motifs is 3. The summed E-state index contributed by atoms with van der Waals surface area (Å²) < 4.78 is 0. The molecule has 1 aliphatic rings. The molecule has 0 spiro atoms. The Morgan fingerprint density at radius 2 is 2.04 bits per heavy atom. The van der Waals surface area contributed by atoms with Crippen LogP contribution in [0.4, 0.5) is 0 Å². The van der Waals surface area contributed by atoms with Crippen LogP contribution in [-0.4, -0.2) is 22.9 Å². The molecule has 0 aliphatic heterocycles. The van der Waals surface area contributed by atoms with Gasteiger partial charge < -0.3 is 4.98 Å². The third kappa shape index (κ3) is 2.92. The van der Waals surface area contributed by atoms with E-state index in [1.54, 1.807) is 30.5 Å². The standard InChI is InChI=1S/C21H19N3O2/c1-13-7-10-18-17(11-13)16-9-8-15(20(25)19(16)23-18)12-22-24-21(26)14-5-3-2-4-6-14/h2-7,10-12,15,23H,8-9H2,1H3,(H,24,26)/b22-12+. The topological polar surface area (TPSA) is 74.3 Å². The molecule has 5 heteroatoms. The monoisotopic (exact) mass is 345 g/mol. The molecule has 0 radical (unpaired) electrons. The Morgan fingerprint density at radius 1 is 1.23 bits per heavy atom. The number of hydrogen-bond acceptors (Lipinski definition) is 3. The van der Waals surface area contributed by atoms with E-state index >= 15 is 0 Å². The lowest BCUT2D eigenvalue weighted by atomic mass is 9.86. The van der Waals surface area contributed by atoms with E-state index in [1.165, 1.54) is 5.56 Å². The highest BCUT2D eigenvalue weighted by atomic mass is 16.2. The SMILES string of the molecule is Cc1ccc2[nH]c3c(c2c1)CCC(/C=N/NC(=O)c1ccccc1)C3=O. The van der Waals surface area contributed by atoms with E-state index in [1.807, 2.05) is 25.1 Å². The fourth-order valence-electron chi connectivity index (χ4n) is 3.43. The predicted octanol–water partition coefficient (Wildman–Crippen LogP) is 3.64. The van der Waals surface area contributed by atoms with Gasteiger partial charge in [-0.25, -0.2) is 5.43 Å². The number of amides is 1. The van der Waals surface area contributed by atoms with Gasteiger partial charge in [0.25, 0.3) is 5.91 Å². The van der Waals surface area contributed by atoms with Crippen molar-refractivity contribution >= 4 is 28.8 Å². The number of nitrogens with one attached hydrogen (secondary N) is 2. The van der Waals surface area contributed by atoms with E-state index in [9.17, 15) is 9.59 Å². The van der Waals surface area contributed by atoms with Crippen LogP contribution >= 0.6 is 0 Å². The Bertz CT molecular complexity index is 1020. The van der Waals surface area contributed by atoms with Crippen molar-refractivity contribution < 1.29 is 9.59 Å². The first-order valence-electron chi connectivity index (χ1n) is 8.67. The predicted molar refractivity (Wildman–Crippen MR) is 102 cm³/mol. The second-order valence-electron chi connectivity index (χ2n) is 6.62. The summed E-state index contributed by atoms with van der Waals surface area (Å²) >= 11 is 0. The molecule has 130 valence electrons. The summed E-state index contributed by atoms with van der Waals surface area (Å²) in [6, 6.07) is 15.0. The molecule has 1 unspecified atom stereocenters. The van der Waals surface area contributed by atoms with E-state index in [0.717, 1.165) is 22.9 Å². The number of aromatic amines is 1. The van der Waals surface area contributed by atoms with E-state index < -0.39 is 0 Å². The second-order valence-corrected chi connectivity index (χ2v) is 6.62. The van der Waals surface area contributed by atoms with Crippen LogP contribution in [0.25, 0.3) is 10.9 Å². The van der Waals surface area contributed by atoms with Gasteiger partial charge in [-0.3, -0.25) is 9.59 Å². The molecule has 1 amide bonds. The molecule has 0 saturated carbocycles. The molecule has 1 aliphatic carbocycles. The minimum atomic E-state index is -0.326. The summed E-state index contributed by atoms with van der Waals surface area (Å²) in [6.07, 6.45) is 3.05. The van der Waals surface area contributed by atoms with E-state index in [4.69, 9.17) is 0 Å². The van der Waals surface area contributed by atoms with Crippen molar-refractivity contribution in [1.29, 1.82) is 0 Å². The summed E-state index contributed by atoms with van der Waals surface area (Å²) in [5, 5.41) is 5.13. The van der Waals surface area contributed by atoms with Crippen LogP contribution in [0.1, 0.15) is 38.4 Å². The van der Waals surface area contributed by atoms with Crippen LogP contribution in [0.3, 0.4) is 0 Å². The molecular weight excluding hydrogens is 326 g/mol. The largest absolute Gasteiger partial charge is 0.352 e. The summed E-state index contributed by atoms with van der Waals surface area (Å²) in [6.45, 7) is 2.05. The lowest BCUT2D eigenvalue weighted by molar-refractivity contribution is 0.0929. The minimum Gasteiger partial charge on any atom is -0.352 e. The van der Waals surface area contributed by atoms with Crippen LogP contribution in [0.5, 0.6) is 0 Å². The van der Waals surface area contributed by atoms with E-state index in [-0.39, 0.29) is 17.6 Å². The Labute approximate surface area is 151 Å². The van der Waals surface area contributed by atoms with Gasteiger partial charge in [-0.15, -0.1) is 0 Å². The second kappa shape index (κ2) is 6.59. The molecule has 4 rings (SSSR count). The molecule has 0 fully saturated rings. The Morgan fingerprint density at radius 3 is 2.85 bits per heavy atom. The fraction of sp³-hybridized carbons (Fsp3) is 0.190. The normalized spacial score (nSPS) is 16.8. The van der Waals surface area contributed by atoms with Gasteiger partial charge >= 0.3 is 0 Å². The highest BCUT2D eigenvalue weighted by Crippen LogP contribution is 2.31. The first-order chi connectivity index (χ1) is 12.6. The number of benzene rings is 2. The van der Waals surface area contributed by atoms with Gasteiger partial charge in [-0.05, 0) is 49.6 Å². The lowest BCUT2D eigenvalue weighted by Crippen LogP contribution is -2.25. The van der Waals surface area contributed by atoms with Gasteiger partial charge in [0, 0.05) is 22.7 Å². The number of H-pyrrole nitrogens is 1. The summed E-state index contributed by atoms with van der Waals surface area (Å²) in [7, 11) is 0. The number of hydrogen-bond donors (Lipinski definition) is 2. The molecule has 5 nitrogen and oxygen atoms in total. The first kappa shape index (κ1) is 16.3. The van der Waals surface area contributed by atoms with Gasteiger partial charge in [0.05, 0.1) is 11.6 Å². The number of aromatic nitrogens is 1. The number of ketones is 1. The van der Waals surface area contributed by atoms with Crippen molar-refractivity contribution in [3.05, 3.63) is 70.9 Å². The maximum Gasteiger partial charge on any atom is 0.271 e. The molecule has 1 atom stereocenters. The number of hydrazone groups is 1. The first-order valence-corrected chi connectivity index (χ1v) is 8.67. The number of carbonyl (C=O) groups is 2. The van der Waals surface area contributed by atoms with Crippen LogP contribution in [0.2, 0.25) is 0 Å². The number of aryl methyl sites for hydroxylation is 2. The van der Waals surface area contributed by atoms with Crippen molar-refractivity contribution in [2.24, 2.45) is 11.0 Å². The maximum atomic E-state index is 12.8. The van der Waals surface area contributed by atoms with Crippen molar-refractivity contribution in [3.63, 3.8) is 0 Å².